The molecule has 2 fully saturated rings. The minimum atomic E-state index is -0.0457. The molecule has 0 saturated carbocycles. The number of methoxy groups -OCH3 is 1. The maximum atomic E-state index is 13.1. The van der Waals surface area contributed by atoms with E-state index in [0.717, 1.165) is 58.6 Å². The third-order valence-corrected chi connectivity index (χ3v) is 7.32. The second kappa shape index (κ2) is 9.09. The molecule has 0 unspecified atom stereocenters. The topological polar surface area (TPSA) is 92.3 Å². The summed E-state index contributed by atoms with van der Waals surface area (Å²) in [6.45, 7) is 3.52. The van der Waals surface area contributed by atoms with Gasteiger partial charge in [-0.15, -0.1) is 10.2 Å². The molecule has 0 spiro atoms. The highest BCUT2D eigenvalue weighted by Gasteiger charge is 2.43. The van der Waals surface area contributed by atoms with Gasteiger partial charge in [-0.2, -0.15) is 0 Å². The van der Waals surface area contributed by atoms with Crippen molar-refractivity contribution in [2.75, 3.05) is 25.6 Å². The Morgan fingerprint density at radius 2 is 2.00 bits per heavy atom. The average molecular weight is 453 g/mol. The first-order chi connectivity index (χ1) is 15.6. The lowest BCUT2D eigenvalue weighted by atomic mass is 9.97. The summed E-state index contributed by atoms with van der Waals surface area (Å²) in [5.74, 6) is 0.577. The zero-order valence-corrected chi connectivity index (χ0v) is 19.2. The number of nitrogens with zero attached hydrogens (tertiary/aromatic N) is 4. The van der Waals surface area contributed by atoms with Crippen LogP contribution in [0.3, 0.4) is 0 Å². The number of benzene rings is 1. The number of ether oxygens (including phenoxy) is 1. The number of amides is 2. The Kier molecular flexibility index (Phi) is 6.03. The summed E-state index contributed by atoms with van der Waals surface area (Å²) in [6, 6.07) is 9.04. The Morgan fingerprint density at radius 3 is 2.72 bits per heavy atom. The fourth-order valence-electron chi connectivity index (χ4n) is 4.97. The molecule has 2 aliphatic heterocycles. The molecule has 2 aliphatic rings. The number of rotatable bonds is 6. The van der Waals surface area contributed by atoms with E-state index in [2.05, 4.69) is 31.9 Å². The Morgan fingerprint density at radius 1 is 1.19 bits per heavy atom. The fourth-order valence-corrected chi connectivity index (χ4v) is 5.66. The standard InChI is InChI=1S/C23H28N6O2S/c1-14-27-28-22(32-14)15-3-4-16-13-25-21(10-17(16)9-15)26-23(30)29-19-5-6-20(29)12-18(11-19)24-7-8-31-2/h3-4,9-10,13,18-20,24H,5-8,11-12H2,1-2H3,(H,25,26,30)/t18-,19+,20-. The van der Waals surface area contributed by atoms with E-state index in [-0.39, 0.29) is 18.1 Å². The molecule has 4 heterocycles. The summed E-state index contributed by atoms with van der Waals surface area (Å²) < 4.78 is 5.14. The maximum absolute atomic E-state index is 13.1. The normalized spacial score (nSPS) is 22.4. The van der Waals surface area contributed by atoms with Crippen molar-refractivity contribution in [1.29, 1.82) is 0 Å². The van der Waals surface area contributed by atoms with Gasteiger partial charge in [0, 0.05) is 48.9 Å². The zero-order chi connectivity index (χ0) is 22.1. The molecular formula is C23H28N6O2S. The molecule has 2 N–H and O–H groups in total. The van der Waals surface area contributed by atoms with E-state index in [1.54, 1.807) is 24.6 Å². The van der Waals surface area contributed by atoms with Gasteiger partial charge in [-0.05, 0) is 50.1 Å². The van der Waals surface area contributed by atoms with Gasteiger partial charge >= 0.3 is 6.03 Å². The van der Waals surface area contributed by atoms with Crippen LogP contribution in [0, 0.1) is 6.92 Å². The quantitative estimate of drug-likeness (QED) is 0.553. The van der Waals surface area contributed by atoms with Gasteiger partial charge < -0.3 is 15.0 Å². The predicted octanol–water partition coefficient (Wildman–Crippen LogP) is 3.83. The molecule has 9 heteroatoms. The second-order valence-corrected chi connectivity index (χ2v) is 9.78. The van der Waals surface area contributed by atoms with Gasteiger partial charge in [0.05, 0.1) is 6.61 Å². The monoisotopic (exact) mass is 452 g/mol. The number of aryl methyl sites for hydroxylation is 1. The molecule has 2 aromatic heterocycles. The Hall–Kier alpha value is -2.62. The Bertz CT molecular complexity index is 1100. The van der Waals surface area contributed by atoms with E-state index in [9.17, 15) is 4.79 Å². The van der Waals surface area contributed by atoms with Crippen molar-refractivity contribution >= 4 is 34.0 Å². The summed E-state index contributed by atoms with van der Waals surface area (Å²) in [5, 5.41) is 18.8. The van der Waals surface area contributed by atoms with Gasteiger partial charge in [0.2, 0.25) is 0 Å². The fraction of sp³-hybridized carbons (Fsp3) is 0.478. The number of aromatic nitrogens is 3. The third-order valence-electron chi connectivity index (χ3n) is 6.44. The largest absolute Gasteiger partial charge is 0.383 e. The molecule has 2 bridgehead atoms. The van der Waals surface area contributed by atoms with Gasteiger partial charge in [0.1, 0.15) is 15.8 Å². The zero-order valence-electron chi connectivity index (χ0n) is 18.4. The van der Waals surface area contributed by atoms with Crippen molar-refractivity contribution in [2.24, 2.45) is 0 Å². The number of anilines is 1. The van der Waals surface area contributed by atoms with E-state index in [1.165, 1.54) is 0 Å². The number of hydrogen-bond acceptors (Lipinski definition) is 7. The van der Waals surface area contributed by atoms with Crippen LogP contribution in [0.2, 0.25) is 0 Å². The summed E-state index contributed by atoms with van der Waals surface area (Å²) in [6.07, 6.45) is 5.92. The molecule has 0 radical (unpaired) electrons. The molecule has 8 nitrogen and oxygen atoms in total. The van der Waals surface area contributed by atoms with Crippen molar-refractivity contribution in [3.63, 3.8) is 0 Å². The van der Waals surface area contributed by atoms with Gasteiger partial charge in [-0.25, -0.2) is 9.78 Å². The van der Waals surface area contributed by atoms with Crippen LogP contribution in [0.5, 0.6) is 0 Å². The molecule has 3 aromatic rings. The average Bonchev–Trinajstić information content (AvgIpc) is 3.34. The van der Waals surface area contributed by atoms with Crippen molar-refractivity contribution in [2.45, 2.75) is 50.7 Å². The first-order valence-electron chi connectivity index (χ1n) is 11.1. The lowest BCUT2D eigenvalue weighted by Gasteiger charge is -2.39. The van der Waals surface area contributed by atoms with Crippen LogP contribution in [0.4, 0.5) is 10.6 Å². The minimum Gasteiger partial charge on any atom is -0.383 e. The van der Waals surface area contributed by atoms with Crippen LogP contribution in [0.15, 0.2) is 30.5 Å². The summed E-state index contributed by atoms with van der Waals surface area (Å²) in [4.78, 5) is 19.7. The molecule has 3 atom stereocenters. The molecule has 168 valence electrons. The van der Waals surface area contributed by atoms with Crippen LogP contribution in [-0.2, 0) is 4.74 Å². The number of piperidine rings is 1. The summed E-state index contributed by atoms with van der Waals surface area (Å²) in [7, 11) is 1.72. The molecule has 5 rings (SSSR count). The van der Waals surface area contributed by atoms with E-state index >= 15 is 0 Å². The highest BCUT2D eigenvalue weighted by atomic mass is 32.1. The lowest BCUT2D eigenvalue weighted by molar-refractivity contribution is 0.135. The summed E-state index contributed by atoms with van der Waals surface area (Å²) in [5.41, 5.74) is 1.02. The van der Waals surface area contributed by atoms with E-state index in [4.69, 9.17) is 4.74 Å². The van der Waals surface area contributed by atoms with Crippen LogP contribution >= 0.6 is 11.3 Å². The maximum Gasteiger partial charge on any atom is 0.323 e. The molecule has 2 amide bonds. The molecule has 0 aliphatic carbocycles. The van der Waals surface area contributed by atoms with Crippen LogP contribution in [0.1, 0.15) is 30.7 Å². The smallest absolute Gasteiger partial charge is 0.323 e. The first-order valence-corrected chi connectivity index (χ1v) is 11.9. The third kappa shape index (κ3) is 4.32. The Balaban J connectivity index is 1.28. The molecular weight excluding hydrogens is 424 g/mol. The minimum absolute atomic E-state index is 0.0457. The first kappa shape index (κ1) is 21.2. The number of carbonyl (C=O) groups excluding carboxylic acids is 1. The number of urea groups is 1. The number of fused-ring (bicyclic) bond motifs is 3. The molecule has 1 aromatic carbocycles. The molecule has 32 heavy (non-hydrogen) atoms. The second-order valence-electron chi connectivity index (χ2n) is 8.60. The molecule has 2 saturated heterocycles. The highest BCUT2D eigenvalue weighted by molar-refractivity contribution is 7.14. The van der Waals surface area contributed by atoms with E-state index in [0.29, 0.717) is 18.5 Å². The van der Waals surface area contributed by atoms with Crippen LogP contribution in [-0.4, -0.2) is 64.5 Å². The van der Waals surface area contributed by atoms with Gasteiger partial charge in [0.25, 0.3) is 0 Å². The van der Waals surface area contributed by atoms with Crippen molar-refractivity contribution in [3.05, 3.63) is 35.5 Å². The predicted molar refractivity (Wildman–Crippen MR) is 126 cm³/mol. The summed E-state index contributed by atoms with van der Waals surface area (Å²) >= 11 is 1.57. The van der Waals surface area contributed by atoms with Gasteiger partial charge in [0.15, 0.2) is 0 Å². The number of carbonyl (C=O) groups is 1. The lowest BCUT2D eigenvalue weighted by Crippen LogP contribution is -2.53. The van der Waals surface area contributed by atoms with Gasteiger partial charge in [-0.1, -0.05) is 23.5 Å². The van der Waals surface area contributed by atoms with Gasteiger partial charge in [-0.3, -0.25) is 5.32 Å². The van der Waals surface area contributed by atoms with Crippen molar-refractivity contribution < 1.29 is 9.53 Å². The number of nitrogens with one attached hydrogen (secondary N) is 2. The van der Waals surface area contributed by atoms with Crippen molar-refractivity contribution in [3.8, 4) is 10.6 Å². The van der Waals surface area contributed by atoms with E-state index in [1.807, 2.05) is 30.0 Å². The van der Waals surface area contributed by atoms with Crippen LogP contribution < -0.4 is 10.6 Å². The Labute approximate surface area is 191 Å². The van der Waals surface area contributed by atoms with Crippen LogP contribution in [0.25, 0.3) is 21.3 Å². The van der Waals surface area contributed by atoms with E-state index < -0.39 is 0 Å². The SMILES string of the molecule is COCCN[C@H]1C[C@H]2CC[C@@H](C1)N2C(=O)Nc1cc2cc(-c3nnc(C)s3)ccc2cn1. The number of hydrogen-bond donors (Lipinski definition) is 2. The number of pyridine rings is 1. The van der Waals surface area contributed by atoms with Crippen molar-refractivity contribution in [1.82, 2.24) is 25.4 Å². The highest BCUT2D eigenvalue weighted by Crippen LogP contribution is 2.36.